The largest absolute Gasteiger partial charge is 0.463 e. The van der Waals surface area contributed by atoms with E-state index in [-0.39, 0.29) is 25.7 Å². The molecule has 0 bridgehead atoms. The van der Waals surface area contributed by atoms with Crippen molar-refractivity contribution in [3.8, 4) is 5.75 Å². The average molecular weight is 384 g/mol. The fourth-order valence-electron chi connectivity index (χ4n) is 2.92. The Hall–Kier alpha value is -2.31. The van der Waals surface area contributed by atoms with Gasteiger partial charge in [0.15, 0.2) is 0 Å². The summed E-state index contributed by atoms with van der Waals surface area (Å²) in [7, 11) is 0. The SMILES string of the molecule is CCCOC(=O)C=Cc1ccc(OC(=O)C2CCC(C(F)(F)F)CC2)cc1. The third-order valence-corrected chi connectivity index (χ3v) is 4.48. The monoisotopic (exact) mass is 384 g/mol. The van der Waals surface area contributed by atoms with Crippen molar-refractivity contribution in [2.75, 3.05) is 6.61 Å². The quantitative estimate of drug-likeness (QED) is 0.397. The highest BCUT2D eigenvalue weighted by Crippen LogP contribution is 2.39. The molecule has 0 saturated heterocycles. The molecule has 0 radical (unpaired) electrons. The van der Waals surface area contributed by atoms with Crippen molar-refractivity contribution in [3.05, 3.63) is 35.9 Å². The van der Waals surface area contributed by atoms with Crippen LogP contribution in [0.4, 0.5) is 13.2 Å². The maximum absolute atomic E-state index is 12.7. The van der Waals surface area contributed by atoms with Crippen LogP contribution in [0.1, 0.15) is 44.6 Å². The van der Waals surface area contributed by atoms with E-state index in [0.717, 1.165) is 12.0 Å². The van der Waals surface area contributed by atoms with Crippen LogP contribution in [0.2, 0.25) is 0 Å². The van der Waals surface area contributed by atoms with Crippen molar-refractivity contribution in [3.63, 3.8) is 0 Å². The summed E-state index contributed by atoms with van der Waals surface area (Å²) in [5, 5.41) is 0. The van der Waals surface area contributed by atoms with Gasteiger partial charge in [0, 0.05) is 6.08 Å². The third kappa shape index (κ3) is 6.73. The molecule has 0 amide bonds. The van der Waals surface area contributed by atoms with E-state index >= 15 is 0 Å². The molecule has 0 aliphatic heterocycles. The van der Waals surface area contributed by atoms with E-state index in [0.29, 0.717) is 12.4 Å². The van der Waals surface area contributed by atoms with Crippen LogP contribution >= 0.6 is 0 Å². The van der Waals surface area contributed by atoms with E-state index in [2.05, 4.69) is 0 Å². The highest BCUT2D eigenvalue weighted by molar-refractivity contribution is 5.87. The fourth-order valence-corrected chi connectivity index (χ4v) is 2.92. The second kappa shape index (κ2) is 9.58. The van der Waals surface area contributed by atoms with Gasteiger partial charge in [-0.05, 0) is 55.9 Å². The van der Waals surface area contributed by atoms with Crippen LogP contribution < -0.4 is 4.74 Å². The Bertz CT molecular complexity index is 657. The van der Waals surface area contributed by atoms with Gasteiger partial charge >= 0.3 is 18.1 Å². The number of esters is 2. The number of halogens is 3. The molecule has 0 unspecified atom stereocenters. The smallest absolute Gasteiger partial charge is 0.391 e. The van der Waals surface area contributed by atoms with Gasteiger partial charge in [-0.3, -0.25) is 4.79 Å². The first-order valence-electron chi connectivity index (χ1n) is 9.03. The third-order valence-electron chi connectivity index (χ3n) is 4.48. The van der Waals surface area contributed by atoms with Crippen LogP contribution in [0.5, 0.6) is 5.75 Å². The zero-order chi connectivity index (χ0) is 19.9. The Kier molecular flexibility index (Phi) is 7.45. The van der Waals surface area contributed by atoms with Gasteiger partial charge in [0.2, 0.25) is 0 Å². The lowest BCUT2D eigenvalue weighted by molar-refractivity contribution is -0.185. The van der Waals surface area contributed by atoms with Crippen LogP contribution in [0, 0.1) is 11.8 Å². The van der Waals surface area contributed by atoms with E-state index in [1.54, 1.807) is 30.3 Å². The molecule has 1 aliphatic carbocycles. The number of carbonyl (C=O) groups excluding carboxylic acids is 2. The van der Waals surface area contributed by atoms with E-state index in [4.69, 9.17) is 9.47 Å². The zero-order valence-corrected chi connectivity index (χ0v) is 15.1. The minimum atomic E-state index is -4.19. The fraction of sp³-hybridized carbons (Fsp3) is 0.500. The van der Waals surface area contributed by atoms with Gasteiger partial charge in [-0.15, -0.1) is 0 Å². The maximum Gasteiger partial charge on any atom is 0.391 e. The van der Waals surface area contributed by atoms with E-state index in [1.807, 2.05) is 6.92 Å². The van der Waals surface area contributed by atoms with Gasteiger partial charge in [-0.25, -0.2) is 4.79 Å². The lowest BCUT2D eigenvalue weighted by Gasteiger charge is -2.28. The number of alkyl halides is 3. The second-order valence-electron chi connectivity index (χ2n) is 6.58. The van der Waals surface area contributed by atoms with Crippen LogP contribution in [-0.4, -0.2) is 24.7 Å². The summed E-state index contributed by atoms with van der Waals surface area (Å²) in [6.45, 7) is 2.27. The molecule has 1 saturated carbocycles. The van der Waals surface area contributed by atoms with Gasteiger partial charge < -0.3 is 9.47 Å². The Balaban J connectivity index is 1.83. The van der Waals surface area contributed by atoms with Crippen molar-refractivity contribution in [1.29, 1.82) is 0 Å². The first-order valence-corrected chi connectivity index (χ1v) is 9.03. The Morgan fingerprint density at radius 2 is 1.74 bits per heavy atom. The van der Waals surface area contributed by atoms with Gasteiger partial charge in [-0.2, -0.15) is 13.2 Å². The van der Waals surface area contributed by atoms with Gasteiger partial charge in [0.1, 0.15) is 5.75 Å². The highest BCUT2D eigenvalue weighted by atomic mass is 19.4. The summed E-state index contributed by atoms with van der Waals surface area (Å²) < 4.78 is 48.2. The van der Waals surface area contributed by atoms with Crippen molar-refractivity contribution >= 4 is 18.0 Å². The van der Waals surface area contributed by atoms with Crippen LogP contribution in [0.15, 0.2) is 30.3 Å². The summed E-state index contributed by atoms with van der Waals surface area (Å²) in [5.74, 6) is -2.43. The predicted octanol–water partition coefficient (Wildman–Crippen LogP) is 4.93. The Morgan fingerprint density at radius 3 is 2.30 bits per heavy atom. The first-order chi connectivity index (χ1) is 12.8. The number of ether oxygens (including phenoxy) is 2. The summed E-state index contributed by atoms with van der Waals surface area (Å²) in [4.78, 5) is 23.5. The van der Waals surface area contributed by atoms with Crippen LogP contribution in [0.3, 0.4) is 0 Å². The Morgan fingerprint density at radius 1 is 1.11 bits per heavy atom. The highest BCUT2D eigenvalue weighted by Gasteiger charge is 2.42. The number of hydrogen-bond acceptors (Lipinski definition) is 4. The average Bonchev–Trinajstić information content (AvgIpc) is 2.65. The first kappa shape index (κ1) is 21.0. The lowest BCUT2D eigenvalue weighted by atomic mass is 9.82. The molecule has 0 heterocycles. The number of carbonyl (C=O) groups is 2. The number of rotatable bonds is 6. The molecular formula is C20H23F3O4. The van der Waals surface area contributed by atoms with Crippen LogP contribution in [0.25, 0.3) is 6.08 Å². The molecule has 1 aromatic carbocycles. The van der Waals surface area contributed by atoms with Gasteiger partial charge in [-0.1, -0.05) is 19.1 Å². The molecule has 148 valence electrons. The number of hydrogen-bond donors (Lipinski definition) is 0. The molecule has 1 aromatic rings. The predicted molar refractivity (Wildman–Crippen MR) is 93.9 cm³/mol. The van der Waals surface area contributed by atoms with Crippen LogP contribution in [-0.2, 0) is 14.3 Å². The summed E-state index contributed by atoms with van der Waals surface area (Å²) in [6.07, 6.45) is -0.258. The molecule has 1 fully saturated rings. The zero-order valence-electron chi connectivity index (χ0n) is 15.1. The molecule has 7 heteroatoms. The summed E-state index contributed by atoms with van der Waals surface area (Å²) in [5.41, 5.74) is 0.730. The van der Waals surface area contributed by atoms with E-state index < -0.39 is 30.0 Å². The van der Waals surface area contributed by atoms with Crippen molar-refractivity contribution in [2.45, 2.75) is 45.2 Å². The normalized spacial score (nSPS) is 20.4. The molecular weight excluding hydrogens is 361 g/mol. The van der Waals surface area contributed by atoms with Crippen molar-refractivity contribution in [1.82, 2.24) is 0 Å². The molecule has 4 nitrogen and oxygen atoms in total. The van der Waals surface area contributed by atoms with Gasteiger partial charge in [0.05, 0.1) is 18.4 Å². The molecule has 27 heavy (non-hydrogen) atoms. The molecule has 0 atom stereocenters. The maximum atomic E-state index is 12.7. The topological polar surface area (TPSA) is 52.6 Å². The molecule has 0 N–H and O–H groups in total. The Labute approximate surface area is 156 Å². The number of benzene rings is 1. The molecule has 2 rings (SSSR count). The minimum Gasteiger partial charge on any atom is -0.463 e. The van der Waals surface area contributed by atoms with E-state index in [1.165, 1.54) is 6.08 Å². The lowest BCUT2D eigenvalue weighted by Crippen LogP contribution is -2.31. The molecule has 1 aliphatic rings. The van der Waals surface area contributed by atoms with E-state index in [9.17, 15) is 22.8 Å². The molecule has 0 aromatic heterocycles. The standard InChI is InChI=1S/C20H23F3O4/c1-2-13-26-18(24)12-5-14-3-10-17(11-4-14)27-19(25)15-6-8-16(9-7-15)20(21,22)23/h3-5,10-12,15-16H,2,6-9,13H2,1H3. The van der Waals surface area contributed by atoms with Crippen molar-refractivity contribution in [2.24, 2.45) is 11.8 Å². The minimum absolute atomic E-state index is 0.0405. The molecule has 0 spiro atoms. The summed E-state index contributed by atoms with van der Waals surface area (Å²) >= 11 is 0. The van der Waals surface area contributed by atoms with Gasteiger partial charge in [0.25, 0.3) is 0 Å². The second-order valence-corrected chi connectivity index (χ2v) is 6.58. The van der Waals surface area contributed by atoms with Crippen molar-refractivity contribution < 1.29 is 32.2 Å². The summed E-state index contributed by atoms with van der Waals surface area (Å²) in [6, 6.07) is 6.51.